The number of aryl methyl sites for hydroxylation is 1. The average Bonchev–Trinajstić information content (AvgIpc) is 2.55. The quantitative estimate of drug-likeness (QED) is 0.428. The van der Waals surface area contributed by atoms with Crippen molar-refractivity contribution in [2.24, 2.45) is 0 Å². The number of hydrogen-bond donors (Lipinski definition) is 0. The van der Waals surface area contributed by atoms with E-state index in [2.05, 4.69) is 0 Å². The van der Waals surface area contributed by atoms with E-state index in [0.717, 1.165) is 12.1 Å². The number of allylic oxidation sites excluding steroid dienone is 1. The lowest BCUT2D eigenvalue weighted by atomic mass is 10.1. The molecule has 0 saturated carbocycles. The van der Waals surface area contributed by atoms with Gasteiger partial charge in [0.1, 0.15) is 11.0 Å². The molecule has 0 heterocycles. The Bertz CT molecular complexity index is 1040. The van der Waals surface area contributed by atoms with E-state index >= 15 is 0 Å². The fourth-order valence-corrected chi connectivity index (χ4v) is 3.95. The molecular formula is C16H10Cl2N2O4S. The van der Waals surface area contributed by atoms with Crippen LogP contribution in [0.25, 0.3) is 6.08 Å². The van der Waals surface area contributed by atoms with Crippen molar-refractivity contribution in [3.8, 4) is 6.07 Å². The molecule has 9 heteroatoms. The molecule has 0 spiro atoms. The van der Waals surface area contributed by atoms with Gasteiger partial charge in [0.2, 0.25) is 9.84 Å². The zero-order valence-corrected chi connectivity index (χ0v) is 15.1. The predicted octanol–water partition coefficient (Wildman–Crippen LogP) is 4.55. The van der Waals surface area contributed by atoms with Gasteiger partial charge in [-0.1, -0.05) is 35.3 Å². The van der Waals surface area contributed by atoms with E-state index in [-0.39, 0.29) is 26.2 Å². The lowest BCUT2D eigenvalue weighted by Crippen LogP contribution is -2.04. The van der Waals surface area contributed by atoms with Gasteiger partial charge in [-0.05, 0) is 36.8 Å². The van der Waals surface area contributed by atoms with Crippen LogP contribution in [-0.4, -0.2) is 13.3 Å². The third-order valence-electron chi connectivity index (χ3n) is 3.31. The number of nitriles is 1. The van der Waals surface area contributed by atoms with Crippen LogP contribution in [0.4, 0.5) is 5.69 Å². The van der Waals surface area contributed by atoms with Gasteiger partial charge in [-0.3, -0.25) is 10.1 Å². The van der Waals surface area contributed by atoms with Crippen LogP contribution in [0, 0.1) is 28.4 Å². The first-order chi connectivity index (χ1) is 11.7. The zero-order chi connectivity index (χ0) is 18.8. The first-order valence-corrected chi connectivity index (χ1v) is 8.97. The Morgan fingerprint density at radius 2 is 1.92 bits per heavy atom. The Labute approximate surface area is 154 Å². The lowest BCUT2D eigenvalue weighted by molar-refractivity contribution is -0.385. The monoisotopic (exact) mass is 396 g/mol. The summed E-state index contributed by atoms with van der Waals surface area (Å²) in [6.07, 6.45) is 1.05. The van der Waals surface area contributed by atoms with Crippen LogP contribution in [0.1, 0.15) is 11.1 Å². The van der Waals surface area contributed by atoms with Crippen LogP contribution in [-0.2, 0) is 9.84 Å². The number of nitro groups is 1. The van der Waals surface area contributed by atoms with Gasteiger partial charge in [0.05, 0.1) is 14.8 Å². The Hall–Kier alpha value is -2.40. The number of rotatable bonds is 4. The van der Waals surface area contributed by atoms with Gasteiger partial charge in [0.25, 0.3) is 5.69 Å². The minimum atomic E-state index is -4.23. The van der Waals surface area contributed by atoms with Crippen molar-refractivity contribution in [3.63, 3.8) is 0 Å². The number of sulfone groups is 1. The summed E-state index contributed by atoms with van der Waals surface area (Å²) in [7, 11) is -4.23. The van der Waals surface area contributed by atoms with Crippen molar-refractivity contribution < 1.29 is 13.3 Å². The molecule has 2 aromatic rings. The van der Waals surface area contributed by atoms with Crippen LogP contribution in [0.3, 0.4) is 0 Å². The van der Waals surface area contributed by atoms with E-state index in [1.807, 2.05) is 0 Å². The zero-order valence-electron chi connectivity index (χ0n) is 12.7. The van der Waals surface area contributed by atoms with Gasteiger partial charge in [0, 0.05) is 16.7 Å². The molecule has 0 aromatic heterocycles. The number of halogens is 2. The average molecular weight is 397 g/mol. The van der Waals surface area contributed by atoms with Gasteiger partial charge < -0.3 is 0 Å². The SMILES string of the molecule is Cc1ccc(/C=C(\C#N)S(=O)(=O)c2cc(Cl)ccc2Cl)cc1[N+](=O)[O-]. The summed E-state index contributed by atoms with van der Waals surface area (Å²) in [4.78, 5) is 9.51. The highest BCUT2D eigenvalue weighted by molar-refractivity contribution is 7.95. The molecule has 0 saturated heterocycles. The molecule has 0 fully saturated rings. The molecule has 0 aliphatic rings. The second kappa shape index (κ2) is 7.23. The van der Waals surface area contributed by atoms with Gasteiger partial charge in [0.15, 0.2) is 0 Å². The van der Waals surface area contributed by atoms with Crippen molar-refractivity contribution in [1.82, 2.24) is 0 Å². The lowest BCUT2D eigenvalue weighted by Gasteiger charge is -2.06. The Morgan fingerprint density at radius 3 is 2.52 bits per heavy atom. The number of nitrogens with zero attached hydrogens (tertiary/aromatic N) is 2. The molecule has 0 amide bonds. The maximum absolute atomic E-state index is 12.7. The van der Waals surface area contributed by atoms with E-state index in [1.165, 1.54) is 30.3 Å². The predicted molar refractivity (Wildman–Crippen MR) is 95.1 cm³/mol. The first kappa shape index (κ1) is 18.9. The summed E-state index contributed by atoms with van der Waals surface area (Å²) in [5, 5.41) is 20.3. The minimum Gasteiger partial charge on any atom is -0.258 e. The van der Waals surface area contributed by atoms with Gasteiger partial charge in [-0.2, -0.15) is 5.26 Å². The summed E-state index contributed by atoms with van der Waals surface area (Å²) in [5.74, 6) is 0. The Balaban J connectivity index is 2.62. The molecule has 0 atom stereocenters. The molecule has 0 aliphatic heterocycles. The van der Waals surface area contributed by atoms with E-state index in [1.54, 1.807) is 13.0 Å². The molecule has 2 rings (SSSR count). The topological polar surface area (TPSA) is 101 Å². The highest BCUT2D eigenvalue weighted by atomic mass is 35.5. The van der Waals surface area contributed by atoms with Gasteiger partial charge in [-0.15, -0.1) is 0 Å². The summed E-state index contributed by atoms with van der Waals surface area (Å²) in [5.41, 5.74) is 0.446. The van der Waals surface area contributed by atoms with E-state index in [9.17, 15) is 23.8 Å². The Morgan fingerprint density at radius 1 is 1.24 bits per heavy atom. The van der Waals surface area contributed by atoms with Crippen molar-refractivity contribution in [3.05, 3.63) is 72.6 Å². The second-order valence-electron chi connectivity index (χ2n) is 5.00. The number of hydrogen-bond acceptors (Lipinski definition) is 5. The summed E-state index contributed by atoms with van der Waals surface area (Å²) in [6, 6.07) is 9.62. The maximum atomic E-state index is 12.7. The van der Waals surface area contributed by atoms with Crippen LogP contribution < -0.4 is 0 Å². The molecule has 0 radical (unpaired) electrons. The number of nitro benzene ring substituents is 1. The third kappa shape index (κ3) is 3.99. The van der Waals surface area contributed by atoms with E-state index < -0.39 is 19.7 Å². The van der Waals surface area contributed by atoms with Crippen LogP contribution >= 0.6 is 23.2 Å². The highest BCUT2D eigenvalue weighted by Crippen LogP contribution is 2.30. The van der Waals surface area contributed by atoms with E-state index in [0.29, 0.717) is 5.56 Å². The fourth-order valence-electron chi connectivity index (χ4n) is 2.04. The van der Waals surface area contributed by atoms with Crippen molar-refractivity contribution >= 4 is 44.8 Å². The smallest absolute Gasteiger partial charge is 0.258 e. The standard InChI is InChI=1S/C16H10Cl2N2O4S/c1-10-2-3-11(7-15(10)20(21)22)6-13(9-19)25(23,24)16-8-12(17)4-5-14(16)18/h2-8H,1H3/b13-6+. The molecule has 6 nitrogen and oxygen atoms in total. The van der Waals surface area contributed by atoms with Gasteiger partial charge in [-0.25, -0.2) is 8.42 Å². The Kier molecular flexibility index (Phi) is 5.48. The molecule has 128 valence electrons. The first-order valence-electron chi connectivity index (χ1n) is 6.74. The molecule has 2 aromatic carbocycles. The highest BCUT2D eigenvalue weighted by Gasteiger charge is 2.24. The largest absolute Gasteiger partial charge is 0.272 e. The van der Waals surface area contributed by atoms with Crippen LogP contribution in [0.5, 0.6) is 0 Å². The van der Waals surface area contributed by atoms with Crippen LogP contribution in [0.15, 0.2) is 46.2 Å². The van der Waals surface area contributed by atoms with Crippen LogP contribution in [0.2, 0.25) is 10.0 Å². The van der Waals surface area contributed by atoms with Crippen molar-refractivity contribution in [1.29, 1.82) is 5.26 Å². The van der Waals surface area contributed by atoms with Crippen molar-refractivity contribution in [2.75, 3.05) is 0 Å². The fraction of sp³-hybridized carbons (Fsp3) is 0.0625. The van der Waals surface area contributed by atoms with Gasteiger partial charge >= 0.3 is 0 Å². The molecule has 0 unspecified atom stereocenters. The molecule has 0 bridgehead atoms. The second-order valence-corrected chi connectivity index (χ2v) is 7.73. The maximum Gasteiger partial charge on any atom is 0.272 e. The van der Waals surface area contributed by atoms with Crippen molar-refractivity contribution in [2.45, 2.75) is 11.8 Å². The minimum absolute atomic E-state index is 0.0829. The summed E-state index contributed by atoms with van der Waals surface area (Å²) in [6.45, 7) is 1.55. The summed E-state index contributed by atoms with van der Waals surface area (Å²) >= 11 is 11.7. The molecule has 0 N–H and O–H groups in total. The molecular weight excluding hydrogens is 387 g/mol. The molecule has 0 aliphatic carbocycles. The third-order valence-corrected chi connectivity index (χ3v) is 5.69. The van der Waals surface area contributed by atoms with E-state index in [4.69, 9.17) is 23.2 Å². The molecule has 25 heavy (non-hydrogen) atoms. The normalized spacial score (nSPS) is 11.8. The number of benzene rings is 2. The summed E-state index contributed by atoms with van der Waals surface area (Å²) < 4.78 is 25.3.